The van der Waals surface area contributed by atoms with Crippen molar-refractivity contribution in [2.75, 3.05) is 43.7 Å². The zero-order valence-electron chi connectivity index (χ0n) is 19.0. The van der Waals surface area contributed by atoms with Crippen LogP contribution in [0.2, 0.25) is 5.02 Å². The third-order valence-electron chi connectivity index (χ3n) is 5.93. The highest BCUT2D eigenvalue weighted by molar-refractivity contribution is 6.32. The Labute approximate surface area is 199 Å². The van der Waals surface area contributed by atoms with Gasteiger partial charge >= 0.3 is 5.97 Å². The van der Waals surface area contributed by atoms with Crippen LogP contribution in [0.4, 0.5) is 17.1 Å². The number of hydrogen-bond acceptors (Lipinski definition) is 6. The minimum atomic E-state index is -0.869. The number of carboxylic acids is 1. The maximum atomic E-state index is 11.4. The van der Waals surface area contributed by atoms with Crippen molar-refractivity contribution in [3.63, 3.8) is 0 Å². The van der Waals surface area contributed by atoms with Crippen LogP contribution < -0.4 is 10.2 Å². The van der Waals surface area contributed by atoms with E-state index < -0.39 is 5.97 Å². The first kappa shape index (κ1) is 24.8. The summed E-state index contributed by atoms with van der Waals surface area (Å²) >= 11 is 6.26. The summed E-state index contributed by atoms with van der Waals surface area (Å²) in [5.41, 5.74) is 3.93. The van der Waals surface area contributed by atoms with Crippen LogP contribution in [0.3, 0.4) is 0 Å². The van der Waals surface area contributed by atoms with Crippen LogP contribution in [0.15, 0.2) is 36.4 Å². The largest absolute Gasteiger partial charge is 0.481 e. The molecule has 2 N–H and O–H groups in total. The van der Waals surface area contributed by atoms with Gasteiger partial charge in [0.05, 0.1) is 35.0 Å². The molecule has 0 amide bonds. The molecule has 7 nitrogen and oxygen atoms in total. The standard InChI is InChI=1S/C25H30ClN3O4/c1-3-29(21-8-10-33-11-9-21)24-7-5-17(19(16-32-2)13-25(30)31)12-23(24)28-20-6-4-18(15-27)22(26)14-20/h4-7,12,14,19,21,28H,3,8-11,13,16H2,1-2H3,(H,30,31)/t19-/m0/s1. The number of hydrogen-bond donors (Lipinski definition) is 2. The molecule has 1 fully saturated rings. The first-order valence-corrected chi connectivity index (χ1v) is 11.5. The fourth-order valence-corrected chi connectivity index (χ4v) is 4.53. The molecule has 8 heteroatoms. The zero-order chi connectivity index (χ0) is 23.8. The highest BCUT2D eigenvalue weighted by Gasteiger charge is 2.24. The molecule has 2 aromatic rings. The van der Waals surface area contributed by atoms with E-state index in [1.54, 1.807) is 19.2 Å². The summed E-state index contributed by atoms with van der Waals surface area (Å²) in [5.74, 6) is -1.14. The maximum Gasteiger partial charge on any atom is 0.304 e. The number of methoxy groups -OCH3 is 1. The van der Waals surface area contributed by atoms with Gasteiger partial charge in [0.25, 0.3) is 0 Å². The highest BCUT2D eigenvalue weighted by Crippen LogP contribution is 2.36. The van der Waals surface area contributed by atoms with Gasteiger partial charge in [-0.3, -0.25) is 4.79 Å². The summed E-state index contributed by atoms with van der Waals surface area (Å²) in [6.07, 6.45) is 1.87. The molecule has 1 atom stereocenters. The van der Waals surface area contributed by atoms with Gasteiger partial charge < -0.3 is 24.8 Å². The topological polar surface area (TPSA) is 94.8 Å². The molecule has 0 aliphatic carbocycles. The third-order valence-corrected chi connectivity index (χ3v) is 6.24. The Hall–Kier alpha value is -2.79. The molecule has 33 heavy (non-hydrogen) atoms. The smallest absolute Gasteiger partial charge is 0.304 e. The Morgan fingerprint density at radius 2 is 2.09 bits per heavy atom. The Balaban J connectivity index is 2.02. The number of benzene rings is 2. The van der Waals surface area contributed by atoms with E-state index in [-0.39, 0.29) is 12.3 Å². The predicted octanol–water partition coefficient (Wildman–Crippen LogP) is 5.17. The van der Waals surface area contributed by atoms with Crippen molar-refractivity contribution in [3.05, 3.63) is 52.5 Å². The summed E-state index contributed by atoms with van der Waals surface area (Å²) in [4.78, 5) is 13.8. The van der Waals surface area contributed by atoms with Gasteiger partial charge in [0.15, 0.2) is 0 Å². The number of carbonyl (C=O) groups is 1. The highest BCUT2D eigenvalue weighted by atomic mass is 35.5. The first-order chi connectivity index (χ1) is 16.0. The van der Waals surface area contributed by atoms with Crippen molar-refractivity contribution in [2.24, 2.45) is 0 Å². The molecule has 0 unspecified atom stereocenters. The Kier molecular flexibility index (Phi) is 8.95. The number of ether oxygens (including phenoxy) is 2. The molecule has 0 aromatic heterocycles. The van der Waals surface area contributed by atoms with Crippen LogP contribution >= 0.6 is 11.6 Å². The van der Waals surface area contributed by atoms with Crippen LogP contribution in [0.25, 0.3) is 0 Å². The van der Waals surface area contributed by atoms with Gasteiger partial charge in [-0.05, 0) is 55.7 Å². The van der Waals surface area contributed by atoms with E-state index in [4.69, 9.17) is 21.1 Å². The number of nitrogens with zero attached hydrogens (tertiary/aromatic N) is 2. The Morgan fingerprint density at radius 3 is 2.70 bits per heavy atom. The van der Waals surface area contributed by atoms with Crippen LogP contribution in [0.1, 0.15) is 43.2 Å². The molecule has 176 valence electrons. The lowest BCUT2D eigenvalue weighted by molar-refractivity contribution is -0.137. The molecule has 3 rings (SSSR count). The summed E-state index contributed by atoms with van der Waals surface area (Å²) in [6, 6.07) is 13.7. The van der Waals surface area contributed by atoms with Crippen molar-refractivity contribution in [1.82, 2.24) is 0 Å². The molecule has 1 saturated heterocycles. The monoisotopic (exact) mass is 471 g/mol. The normalized spacial score (nSPS) is 15.0. The lowest BCUT2D eigenvalue weighted by atomic mass is 9.94. The van der Waals surface area contributed by atoms with Gasteiger partial charge in [0, 0.05) is 44.5 Å². The average Bonchev–Trinajstić information content (AvgIpc) is 2.81. The quantitative estimate of drug-likeness (QED) is 0.493. The number of nitriles is 1. The fraction of sp³-hybridized carbons (Fsp3) is 0.440. The SMILES string of the molecule is CCN(c1ccc([C@H](COC)CC(=O)O)cc1Nc1ccc(C#N)c(Cl)c1)C1CCOCC1. The maximum absolute atomic E-state index is 11.4. The van der Waals surface area contributed by atoms with Crippen LogP contribution in [-0.2, 0) is 14.3 Å². The van der Waals surface area contributed by atoms with E-state index in [0.29, 0.717) is 23.2 Å². The van der Waals surface area contributed by atoms with E-state index in [2.05, 4.69) is 23.2 Å². The van der Waals surface area contributed by atoms with E-state index in [0.717, 1.165) is 55.2 Å². The molecular weight excluding hydrogens is 442 g/mol. The molecule has 0 saturated carbocycles. The van der Waals surface area contributed by atoms with Gasteiger partial charge in [-0.15, -0.1) is 0 Å². The summed E-state index contributed by atoms with van der Waals surface area (Å²) in [5, 5.41) is 22.4. The van der Waals surface area contributed by atoms with Crippen molar-refractivity contribution < 1.29 is 19.4 Å². The molecule has 1 aliphatic rings. The number of carboxylic acid groups (broad SMARTS) is 1. The minimum Gasteiger partial charge on any atom is -0.481 e. The van der Waals surface area contributed by atoms with Crippen LogP contribution in [-0.4, -0.2) is 50.6 Å². The van der Waals surface area contributed by atoms with E-state index in [1.165, 1.54) is 0 Å². The molecule has 0 bridgehead atoms. The lowest BCUT2D eigenvalue weighted by Crippen LogP contribution is -2.39. The van der Waals surface area contributed by atoms with Crippen molar-refractivity contribution >= 4 is 34.6 Å². The zero-order valence-corrected chi connectivity index (χ0v) is 19.8. The van der Waals surface area contributed by atoms with Crippen molar-refractivity contribution in [2.45, 2.75) is 38.1 Å². The molecule has 2 aromatic carbocycles. The predicted molar refractivity (Wildman–Crippen MR) is 130 cm³/mol. The lowest BCUT2D eigenvalue weighted by Gasteiger charge is -2.37. The Bertz CT molecular complexity index is 1000. The second-order valence-electron chi connectivity index (χ2n) is 8.09. The van der Waals surface area contributed by atoms with Crippen LogP contribution in [0.5, 0.6) is 0 Å². The fourth-order valence-electron chi connectivity index (χ4n) is 4.30. The van der Waals surface area contributed by atoms with Crippen molar-refractivity contribution in [1.29, 1.82) is 5.26 Å². The number of nitrogens with one attached hydrogen (secondary N) is 1. The second-order valence-corrected chi connectivity index (χ2v) is 8.49. The van der Waals surface area contributed by atoms with Gasteiger partial charge in [-0.2, -0.15) is 5.26 Å². The van der Waals surface area contributed by atoms with E-state index >= 15 is 0 Å². The molecule has 0 spiro atoms. The second kappa shape index (κ2) is 11.9. The minimum absolute atomic E-state index is 0.0211. The van der Waals surface area contributed by atoms with Crippen LogP contribution in [0, 0.1) is 11.3 Å². The molecule has 0 radical (unpaired) electrons. The number of aliphatic carboxylic acids is 1. The molecular formula is C25H30ClN3O4. The number of halogens is 1. The van der Waals surface area contributed by atoms with E-state index in [9.17, 15) is 15.2 Å². The first-order valence-electron chi connectivity index (χ1n) is 11.1. The average molecular weight is 472 g/mol. The molecule has 1 heterocycles. The van der Waals surface area contributed by atoms with Crippen molar-refractivity contribution in [3.8, 4) is 6.07 Å². The summed E-state index contributed by atoms with van der Waals surface area (Å²) in [6.45, 7) is 4.74. The van der Waals surface area contributed by atoms with Gasteiger partial charge in [0.1, 0.15) is 6.07 Å². The van der Waals surface area contributed by atoms with Gasteiger partial charge in [-0.25, -0.2) is 0 Å². The van der Waals surface area contributed by atoms with E-state index in [1.807, 2.05) is 24.3 Å². The third kappa shape index (κ3) is 6.38. The van der Waals surface area contributed by atoms with Gasteiger partial charge in [0.2, 0.25) is 0 Å². The number of anilines is 3. The summed E-state index contributed by atoms with van der Waals surface area (Å²) in [7, 11) is 1.57. The molecule has 1 aliphatic heterocycles. The number of rotatable bonds is 10. The Morgan fingerprint density at radius 1 is 1.33 bits per heavy atom. The summed E-state index contributed by atoms with van der Waals surface area (Å²) < 4.78 is 10.8. The van der Waals surface area contributed by atoms with Gasteiger partial charge in [-0.1, -0.05) is 17.7 Å².